The molecule has 140 valence electrons. The molecule has 3 heterocycles. The van der Waals surface area contributed by atoms with Gasteiger partial charge < -0.3 is 15.4 Å². The molecule has 1 fully saturated rings. The van der Waals surface area contributed by atoms with Crippen LogP contribution in [0, 0.1) is 5.92 Å². The van der Waals surface area contributed by atoms with Crippen LogP contribution in [0.15, 0.2) is 35.8 Å². The highest BCUT2D eigenvalue weighted by Crippen LogP contribution is 2.20. The highest BCUT2D eigenvalue weighted by atomic mass is 32.1. The van der Waals surface area contributed by atoms with Crippen molar-refractivity contribution in [2.24, 2.45) is 5.92 Å². The Morgan fingerprint density at radius 2 is 2.35 bits per heavy atom. The summed E-state index contributed by atoms with van der Waals surface area (Å²) in [6.07, 6.45) is 4.04. The van der Waals surface area contributed by atoms with E-state index in [2.05, 4.69) is 38.0 Å². The maximum absolute atomic E-state index is 12.1. The predicted octanol–water partition coefficient (Wildman–Crippen LogP) is 2.86. The fourth-order valence-corrected chi connectivity index (χ4v) is 3.98. The van der Waals surface area contributed by atoms with Crippen LogP contribution in [-0.4, -0.2) is 42.7 Å². The van der Waals surface area contributed by atoms with Crippen LogP contribution in [0.2, 0.25) is 0 Å². The molecule has 26 heavy (non-hydrogen) atoms. The number of hydrogen-bond donors (Lipinski definition) is 2. The predicted molar refractivity (Wildman–Crippen MR) is 103 cm³/mol. The largest absolute Gasteiger partial charge is 0.481 e. The van der Waals surface area contributed by atoms with Gasteiger partial charge in [0.05, 0.1) is 7.11 Å². The van der Waals surface area contributed by atoms with E-state index in [1.165, 1.54) is 17.7 Å². The van der Waals surface area contributed by atoms with Gasteiger partial charge in [0.15, 0.2) is 0 Å². The van der Waals surface area contributed by atoms with Crippen LogP contribution in [0.1, 0.15) is 23.3 Å². The Hall–Kier alpha value is -2.12. The Balaban J connectivity index is 1.38. The second kappa shape index (κ2) is 9.54. The topological polar surface area (TPSA) is 66.5 Å². The van der Waals surface area contributed by atoms with Crippen LogP contribution in [0.25, 0.3) is 0 Å². The third-order valence-corrected chi connectivity index (χ3v) is 5.44. The molecule has 0 saturated carbocycles. The SMILES string of the molecule is COc1cc(CNC(=O)NC[C@H]2CCCN(Cc3cccs3)C2)ccn1. The van der Waals surface area contributed by atoms with Crippen molar-refractivity contribution in [2.75, 3.05) is 26.7 Å². The second-order valence-electron chi connectivity index (χ2n) is 6.59. The zero-order chi connectivity index (χ0) is 18.2. The number of nitrogens with one attached hydrogen (secondary N) is 2. The first-order valence-electron chi connectivity index (χ1n) is 8.98. The standard InChI is InChI=1S/C19H26N4O2S/c1-25-18-10-15(6-7-20-18)11-21-19(24)22-12-16-4-2-8-23(13-16)14-17-5-3-9-26-17/h3,5-7,9-10,16H,2,4,8,11-14H2,1H3,(H2,21,22,24)/t16-/m1/s1. The number of thiophene rings is 1. The minimum Gasteiger partial charge on any atom is -0.481 e. The van der Waals surface area contributed by atoms with Crippen molar-refractivity contribution in [2.45, 2.75) is 25.9 Å². The number of nitrogens with zero attached hydrogens (tertiary/aromatic N) is 2. The number of pyridine rings is 1. The Kier molecular flexibility index (Phi) is 6.85. The highest BCUT2D eigenvalue weighted by Gasteiger charge is 2.20. The van der Waals surface area contributed by atoms with Crippen molar-refractivity contribution in [3.8, 4) is 5.88 Å². The lowest BCUT2D eigenvalue weighted by Crippen LogP contribution is -2.43. The fourth-order valence-electron chi connectivity index (χ4n) is 3.24. The first-order chi connectivity index (χ1) is 12.7. The number of aromatic nitrogens is 1. The summed E-state index contributed by atoms with van der Waals surface area (Å²) in [6.45, 7) is 4.38. The molecule has 0 bridgehead atoms. The molecule has 1 aliphatic rings. The lowest BCUT2D eigenvalue weighted by atomic mass is 9.98. The van der Waals surface area contributed by atoms with Gasteiger partial charge in [-0.15, -0.1) is 11.3 Å². The molecule has 2 aromatic heterocycles. The lowest BCUT2D eigenvalue weighted by molar-refractivity contribution is 0.166. The quantitative estimate of drug-likeness (QED) is 0.782. The van der Waals surface area contributed by atoms with Gasteiger partial charge in [-0.2, -0.15) is 0 Å². The van der Waals surface area contributed by atoms with E-state index in [1.807, 2.05) is 23.5 Å². The van der Waals surface area contributed by atoms with Crippen molar-refractivity contribution in [3.05, 3.63) is 46.3 Å². The maximum atomic E-state index is 12.1. The van der Waals surface area contributed by atoms with Gasteiger partial charge in [0.2, 0.25) is 5.88 Å². The molecular formula is C19H26N4O2S. The van der Waals surface area contributed by atoms with E-state index in [9.17, 15) is 4.79 Å². The zero-order valence-electron chi connectivity index (χ0n) is 15.1. The number of amides is 2. The number of hydrogen-bond acceptors (Lipinski definition) is 5. The molecule has 0 unspecified atom stereocenters. The van der Waals surface area contributed by atoms with Gasteiger partial charge >= 0.3 is 6.03 Å². The summed E-state index contributed by atoms with van der Waals surface area (Å²) in [5, 5.41) is 8.03. The van der Waals surface area contributed by atoms with Crippen molar-refractivity contribution in [1.29, 1.82) is 0 Å². The minimum atomic E-state index is -0.129. The summed E-state index contributed by atoms with van der Waals surface area (Å²) in [6, 6.07) is 7.85. The number of likely N-dealkylation sites (tertiary alicyclic amines) is 1. The third kappa shape index (κ3) is 5.71. The molecule has 3 rings (SSSR count). The van der Waals surface area contributed by atoms with Gasteiger partial charge in [0.1, 0.15) is 0 Å². The van der Waals surface area contributed by atoms with Crippen LogP contribution in [0.4, 0.5) is 4.79 Å². The summed E-state index contributed by atoms with van der Waals surface area (Å²) in [5.41, 5.74) is 0.965. The van der Waals surface area contributed by atoms with E-state index < -0.39 is 0 Å². The molecule has 0 aliphatic carbocycles. The number of rotatable bonds is 7. The van der Waals surface area contributed by atoms with Gasteiger partial charge in [-0.3, -0.25) is 4.90 Å². The van der Waals surface area contributed by atoms with E-state index in [-0.39, 0.29) is 6.03 Å². The summed E-state index contributed by atoms with van der Waals surface area (Å²) in [5.74, 6) is 1.06. The average molecular weight is 375 g/mol. The molecule has 1 atom stereocenters. The second-order valence-corrected chi connectivity index (χ2v) is 7.63. The monoisotopic (exact) mass is 374 g/mol. The minimum absolute atomic E-state index is 0.129. The first-order valence-corrected chi connectivity index (χ1v) is 9.86. The van der Waals surface area contributed by atoms with Gasteiger partial charge in [-0.05, 0) is 48.4 Å². The normalized spacial score (nSPS) is 17.7. The summed E-state index contributed by atoms with van der Waals surface area (Å²) in [4.78, 5) is 20.0. The van der Waals surface area contributed by atoms with Crippen molar-refractivity contribution < 1.29 is 9.53 Å². The number of carbonyl (C=O) groups excluding carboxylic acids is 1. The van der Waals surface area contributed by atoms with Crippen LogP contribution in [-0.2, 0) is 13.1 Å². The Morgan fingerprint density at radius 3 is 3.15 bits per heavy atom. The molecule has 7 heteroatoms. The van der Waals surface area contributed by atoms with Crippen LogP contribution >= 0.6 is 11.3 Å². The smallest absolute Gasteiger partial charge is 0.315 e. The van der Waals surface area contributed by atoms with Crippen molar-refractivity contribution in [3.63, 3.8) is 0 Å². The molecule has 1 aliphatic heterocycles. The Morgan fingerprint density at radius 1 is 1.42 bits per heavy atom. The fraction of sp³-hybridized carbons (Fsp3) is 0.474. The molecule has 0 radical (unpaired) electrons. The molecule has 1 saturated heterocycles. The molecule has 6 nitrogen and oxygen atoms in total. The van der Waals surface area contributed by atoms with Crippen LogP contribution < -0.4 is 15.4 Å². The van der Waals surface area contributed by atoms with E-state index >= 15 is 0 Å². The van der Waals surface area contributed by atoms with Crippen molar-refractivity contribution >= 4 is 17.4 Å². The summed E-state index contributed by atoms with van der Waals surface area (Å²) in [7, 11) is 1.58. The molecule has 2 N–H and O–H groups in total. The van der Waals surface area contributed by atoms with E-state index in [0.29, 0.717) is 24.9 Å². The summed E-state index contributed by atoms with van der Waals surface area (Å²) < 4.78 is 5.09. The maximum Gasteiger partial charge on any atom is 0.315 e. The lowest BCUT2D eigenvalue weighted by Gasteiger charge is -2.32. The van der Waals surface area contributed by atoms with Crippen LogP contribution in [0.3, 0.4) is 0 Å². The van der Waals surface area contributed by atoms with Gasteiger partial charge in [0, 0.05) is 43.3 Å². The van der Waals surface area contributed by atoms with E-state index in [0.717, 1.165) is 25.2 Å². The zero-order valence-corrected chi connectivity index (χ0v) is 15.9. The molecule has 0 aromatic carbocycles. The Labute approximate surface area is 158 Å². The number of methoxy groups -OCH3 is 1. The molecule has 2 aromatic rings. The van der Waals surface area contributed by atoms with E-state index in [4.69, 9.17) is 4.74 Å². The van der Waals surface area contributed by atoms with Gasteiger partial charge in [0.25, 0.3) is 0 Å². The summed E-state index contributed by atoms with van der Waals surface area (Å²) >= 11 is 1.81. The molecule has 2 amide bonds. The number of urea groups is 1. The molecular weight excluding hydrogens is 348 g/mol. The Bertz CT molecular complexity index is 693. The first kappa shape index (κ1) is 18.7. The highest BCUT2D eigenvalue weighted by molar-refractivity contribution is 7.09. The van der Waals surface area contributed by atoms with Gasteiger partial charge in [-0.25, -0.2) is 9.78 Å². The third-order valence-electron chi connectivity index (χ3n) is 4.58. The van der Waals surface area contributed by atoms with Crippen molar-refractivity contribution in [1.82, 2.24) is 20.5 Å². The van der Waals surface area contributed by atoms with Crippen LogP contribution in [0.5, 0.6) is 5.88 Å². The molecule has 0 spiro atoms. The average Bonchev–Trinajstić information content (AvgIpc) is 3.18. The number of carbonyl (C=O) groups is 1. The number of piperidine rings is 1. The van der Waals surface area contributed by atoms with Gasteiger partial charge in [-0.1, -0.05) is 6.07 Å². The number of ether oxygens (including phenoxy) is 1. The van der Waals surface area contributed by atoms with E-state index in [1.54, 1.807) is 13.3 Å².